The van der Waals surface area contributed by atoms with Crippen LogP contribution >= 0.6 is 0 Å². The Labute approximate surface area is 87.6 Å². The molecule has 0 heterocycles. The molecule has 3 nitrogen and oxygen atoms in total. The Kier molecular flexibility index (Phi) is 4.42. The largest absolute Gasteiger partial charge is 0.405 e. The SMILES string of the molecule is CCC(C)(C)N(C)C(=O)NCC(F)(F)F. The molecular weight excluding hydrogens is 209 g/mol. The van der Waals surface area contributed by atoms with Crippen LogP contribution in [0.25, 0.3) is 0 Å². The molecule has 0 unspecified atom stereocenters. The smallest absolute Gasteiger partial charge is 0.329 e. The van der Waals surface area contributed by atoms with E-state index >= 15 is 0 Å². The summed E-state index contributed by atoms with van der Waals surface area (Å²) in [5.41, 5.74) is -0.449. The van der Waals surface area contributed by atoms with Gasteiger partial charge in [-0.05, 0) is 20.3 Å². The molecule has 0 rings (SSSR count). The molecule has 0 bridgehead atoms. The second-order valence-electron chi connectivity index (χ2n) is 4.00. The van der Waals surface area contributed by atoms with Crippen LogP contribution in [0.5, 0.6) is 0 Å². The summed E-state index contributed by atoms with van der Waals surface area (Å²) in [6.07, 6.45) is -3.70. The minimum atomic E-state index is -4.37. The van der Waals surface area contributed by atoms with E-state index in [1.807, 2.05) is 12.2 Å². The van der Waals surface area contributed by atoms with Gasteiger partial charge in [-0.2, -0.15) is 13.2 Å². The van der Waals surface area contributed by atoms with Gasteiger partial charge in [0.2, 0.25) is 0 Å². The molecule has 0 fully saturated rings. The van der Waals surface area contributed by atoms with Crippen LogP contribution < -0.4 is 5.32 Å². The lowest BCUT2D eigenvalue weighted by molar-refractivity contribution is -0.123. The summed E-state index contributed by atoms with van der Waals surface area (Å²) in [4.78, 5) is 12.6. The molecule has 0 aromatic rings. The lowest BCUT2D eigenvalue weighted by Gasteiger charge is -2.34. The third-order valence-corrected chi connectivity index (χ3v) is 2.52. The zero-order valence-corrected chi connectivity index (χ0v) is 9.40. The van der Waals surface area contributed by atoms with E-state index in [1.54, 1.807) is 13.8 Å². The first-order valence-electron chi connectivity index (χ1n) is 4.68. The highest BCUT2D eigenvalue weighted by Gasteiger charge is 2.31. The highest BCUT2D eigenvalue weighted by molar-refractivity contribution is 5.74. The van der Waals surface area contributed by atoms with Crippen molar-refractivity contribution in [1.29, 1.82) is 0 Å². The number of nitrogens with zero attached hydrogens (tertiary/aromatic N) is 1. The molecule has 0 radical (unpaired) electrons. The van der Waals surface area contributed by atoms with Gasteiger partial charge in [0, 0.05) is 12.6 Å². The number of alkyl halides is 3. The summed E-state index contributed by atoms with van der Waals surface area (Å²) in [5.74, 6) is 0. The number of urea groups is 1. The molecule has 0 spiro atoms. The number of hydrogen-bond donors (Lipinski definition) is 1. The molecule has 0 aliphatic rings. The van der Waals surface area contributed by atoms with Gasteiger partial charge in [-0.1, -0.05) is 6.92 Å². The molecule has 0 saturated carbocycles. The maximum atomic E-state index is 11.8. The van der Waals surface area contributed by atoms with Crippen LogP contribution in [0.4, 0.5) is 18.0 Å². The quantitative estimate of drug-likeness (QED) is 0.787. The zero-order valence-electron chi connectivity index (χ0n) is 9.40. The van der Waals surface area contributed by atoms with Crippen molar-refractivity contribution in [2.24, 2.45) is 0 Å². The van der Waals surface area contributed by atoms with E-state index in [4.69, 9.17) is 0 Å². The summed E-state index contributed by atoms with van der Waals surface area (Å²) < 4.78 is 35.5. The van der Waals surface area contributed by atoms with E-state index in [0.29, 0.717) is 6.42 Å². The van der Waals surface area contributed by atoms with E-state index in [-0.39, 0.29) is 0 Å². The standard InChI is InChI=1S/C9H17F3N2O/c1-5-8(2,3)14(4)7(15)13-6-9(10,11)12/h5-6H2,1-4H3,(H,13,15). The van der Waals surface area contributed by atoms with Crippen LogP contribution in [-0.4, -0.2) is 36.2 Å². The van der Waals surface area contributed by atoms with Crippen molar-refractivity contribution in [3.8, 4) is 0 Å². The second kappa shape index (κ2) is 4.72. The summed E-state index contributed by atoms with van der Waals surface area (Å²) >= 11 is 0. The molecule has 0 aromatic heterocycles. The Bertz CT molecular complexity index is 226. The maximum Gasteiger partial charge on any atom is 0.405 e. The summed E-state index contributed by atoms with van der Waals surface area (Å²) in [6.45, 7) is 4.16. The first-order chi connectivity index (χ1) is 6.60. The number of carbonyl (C=O) groups excluding carboxylic acids is 1. The highest BCUT2D eigenvalue weighted by Crippen LogP contribution is 2.17. The number of rotatable bonds is 3. The van der Waals surface area contributed by atoms with Gasteiger partial charge in [0.05, 0.1) is 0 Å². The van der Waals surface area contributed by atoms with Crippen molar-refractivity contribution in [2.45, 2.75) is 38.9 Å². The first-order valence-corrected chi connectivity index (χ1v) is 4.68. The molecular formula is C9H17F3N2O. The fraction of sp³-hybridized carbons (Fsp3) is 0.889. The monoisotopic (exact) mass is 226 g/mol. The van der Waals surface area contributed by atoms with Crippen LogP contribution in [0.1, 0.15) is 27.2 Å². The number of hydrogen-bond acceptors (Lipinski definition) is 1. The van der Waals surface area contributed by atoms with Crippen LogP contribution in [0, 0.1) is 0 Å². The van der Waals surface area contributed by atoms with Crippen LogP contribution in [0.15, 0.2) is 0 Å². The second-order valence-corrected chi connectivity index (χ2v) is 4.00. The fourth-order valence-electron chi connectivity index (χ4n) is 0.806. The van der Waals surface area contributed by atoms with Gasteiger partial charge < -0.3 is 10.2 Å². The molecule has 6 heteroatoms. The minimum absolute atomic E-state index is 0.449. The molecule has 2 amide bonds. The Morgan fingerprint density at radius 2 is 1.80 bits per heavy atom. The van der Waals surface area contributed by atoms with Gasteiger partial charge >= 0.3 is 12.2 Å². The van der Waals surface area contributed by atoms with Gasteiger partial charge in [-0.15, -0.1) is 0 Å². The van der Waals surface area contributed by atoms with E-state index < -0.39 is 24.3 Å². The topological polar surface area (TPSA) is 32.3 Å². The van der Waals surface area contributed by atoms with Gasteiger partial charge in [0.25, 0.3) is 0 Å². The van der Waals surface area contributed by atoms with E-state index in [9.17, 15) is 18.0 Å². The molecule has 90 valence electrons. The van der Waals surface area contributed by atoms with Crippen LogP contribution in [0.3, 0.4) is 0 Å². The van der Waals surface area contributed by atoms with Crippen molar-refractivity contribution in [2.75, 3.05) is 13.6 Å². The van der Waals surface area contributed by atoms with Crippen molar-refractivity contribution in [3.05, 3.63) is 0 Å². The number of amides is 2. The maximum absolute atomic E-state index is 11.8. The average molecular weight is 226 g/mol. The van der Waals surface area contributed by atoms with Gasteiger partial charge in [0.1, 0.15) is 6.54 Å². The molecule has 0 aromatic carbocycles. The average Bonchev–Trinajstić information content (AvgIpc) is 2.11. The molecule has 15 heavy (non-hydrogen) atoms. The van der Waals surface area contributed by atoms with Crippen molar-refractivity contribution in [3.63, 3.8) is 0 Å². The molecule has 0 aliphatic heterocycles. The van der Waals surface area contributed by atoms with Crippen molar-refractivity contribution < 1.29 is 18.0 Å². The van der Waals surface area contributed by atoms with Gasteiger partial charge in [-0.25, -0.2) is 4.79 Å². The number of nitrogens with one attached hydrogen (secondary N) is 1. The zero-order chi connectivity index (χ0) is 12.3. The summed E-state index contributed by atoms with van der Waals surface area (Å²) in [5, 5.41) is 1.82. The molecule has 1 N–H and O–H groups in total. The molecule has 0 aliphatic carbocycles. The summed E-state index contributed by atoms with van der Waals surface area (Å²) in [7, 11) is 1.48. The summed E-state index contributed by atoms with van der Waals surface area (Å²) in [6, 6.07) is -0.709. The Morgan fingerprint density at radius 3 is 2.13 bits per heavy atom. The van der Waals surface area contributed by atoms with Crippen LogP contribution in [-0.2, 0) is 0 Å². The third-order valence-electron chi connectivity index (χ3n) is 2.52. The highest BCUT2D eigenvalue weighted by atomic mass is 19.4. The van der Waals surface area contributed by atoms with Crippen molar-refractivity contribution >= 4 is 6.03 Å². The Morgan fingerprint density at radius 1 is 1.33 bits per heavy atom. The van der Waals surface area contributed by atoms with E-state index in [0.717, 1.165) is 0 Å². The minimum Gasteiger partial charge on any atom is -0.329 e. The van der Waals surface area contributed by atoms with E-state index in [1.165, 1.54) is 11.9 Å². The lowest BCUT2D eigenvalue weighted by atomic mass is 10.0. The van der Waals surface area contributed by atoms with Crippen molar-refractivity contribution in [1.82, 2.24) is 10.2 Å². The van der Waals surface area contributed by atoms with E-state index in [2.05, 4.69) is 0 Å². The third kappa shape index (κ3) is 4.90. The van der Waals surface area contributed by atoms with Gasteiger partial charge in [-0.3, -0.25) is 0 Å². The molecule has 0 saturated heterocycles. The fourth-order valence-corrected chi connectivity index (χ4v) is 0.806. The Balaban J connectivity index is 4.23. The first kappa shape index (κ1) is 14.1. The number of halogens is 3. The van der Waals surface area contributed by atoms with Gasteiger partial charge in [0.15, 0.2) is 0 Å². The predicted molar refractivity (Wildman–Crippen MR) is 51.6 cm³/mol. The lowest BCUT2D eigenvalue weighted by Crippen LogP contribution is -2.50. The molecule has 0 atom stereocenters. The Hall–Kier alpha value is -0.940. The van der Waals surface area contributed by atoms with Crippen LogP contribution in [0.2, 0.25) is 0 Å². The number of carbonyl (C=O) groups is 1. The predicted octanol–water partition coefficient (Wildman–Crippen LogP) is 2.38. The normalized spacial score (nSPS) is 12.5.